The molecule has 34 heavy (non-hydrogen) atoms. The molecule has 0 aliphatic rings. The lowest BCUT2D eigenvalue weighted by Crippen LogP contribution is -1.90. The van der Waals surface area contributed by atoms with Crippen LogP contribution in [0.4, 0.5) is 0 Å². The summed E-state index contributed by atoms with van der Waals surface area (Å²) in [6.45, 7) is 4.51. The van der Waals surface area contributed by atoms with Crippen molar-refractivity contribution in [3.05, 3.63) is 15.6 Å². The highest BCUT2D eigenvalue weighted by atomic mass is 32.1. The topological polar surface area (TPSA) is 55.2 Å². The molecule has 1 N–H and O–H groups in total. The predicted molar refractivity (Wildman–Crippen MR) is 152 cm³/mol. The molecule has 5 rings (SSSR count). The van der Waals surface area contributed by atoms with E-state index in [1.807, 2.05) is 0 Å². The number of methoxy groups -OCH3 is 1. The Labute approximate surface area is 216 Å². The van der Waals surface area contributed by atoms with Gasteiger partial charge in [0.15, 0.2) is 0 Å². The molecule has 182 valence electrons. The summed E-state index contributed by atoms with van der Waals surface area (Å²) in [4.78, 5) is 12.1. The molecule has 0 amide bonds. The first kappa shape index (κ1) is 24.4. The van der Waals surface area contributed by atoms with Crippen LogP contribution in [-0.4, -0.2) is 22.2 Å². The van der Waals surface area contributed by atoms with E-state index in [4.69, 9.17) is 14.7 Å². The van der Waals surface area contributed by atoms with Crippen LogP contribution < -0.4 is 4.74 Å². The first-order chi connectivity index (χ1) is 16.7. The molecule has 0 unspecified atom stereocenters. The molecular formula is C26H32N2O2S4. The summed E-state index contributed by atoms with van der Waals surface area (Å²) in [5.74, 6) is 0.925. The Kier molecular flexibility index (Phi) is 7.70. The zero-order chi connectivity index (χ0) is 23.7. The summed E-state index contributed by atoms with van der Waals surface area (Å²) in [5, 5.41) is 15.2. The SMILES string of the molecule is CCCCCCc1nc2sc3c(OC)c4c(sc5nc(CCCCCC)sc54)c(CO)c3c2s1. The number of benzene rings is 1. The third kappa shape index (κ3) is 4.37. The third-order valence-electron chi connectivity index (χ3n) is 6.45. The second-order valence-corrected chi connectivity index (χ2v) is 13.1. The average molecular weight is 533 g/mol. The highest BCUT2D eigenvalue weighted by Gasteiger charge is 2.25. The number of rotatable bonds is 12. The van der Waals surface area contributed by atoms with Crippen LogP contribution in [0.25, 0.3) is 39.2 Å². The van der Waals surface area contributed by atoms with Gasteiger partial charge in [0.05, 0.1) is 43.2 Å². The number of ether oxygens (including phenoxy) is 1. The molecule has 8 heteroatoms. The number of hydrogen-bond donors (Lipinski definition) is 1. The predicted octanol–water partition coefficient (Wildman–Crippen LogP) is 9.08. The van der Waals surface area contributed by atoms with Crippen LogP contribution in [0.1, 0.15) is 80.8 Å². The van der Waals surface area contributed by atoms with E-state index in [9.17, 15) is 5.11 Å². The van der Waals surface area contributed by atoms with E-state index >= 15 is 0 Å². The van der Waals surface area contributed by atoms with E-state index in [0.29, 0.717) is 0 Å². The van der Waals surface area contributed by atoms with Gasteiger partial charge in [0.25, 0.3) is 0 Å². The molecule has 4 heterocycles. The Morgan fingerprint density at radius 3 is 1.76 bits per heavy atom. The van der Waals surface area contributed by atoms with E-state index in [1.165, 1.54) is 70.8 Å². The Bertz CT molecular complexity index is 1320. The normalized spacial score (nSPS) is 12.2. The summed E-state index contributed by atoms with van der Waals surface area (Å²) < 4.78 is 10.7. The molecule has 1 aromatic carbocycles. The van der Waals surface area contributed by atoms with Gasteiger partial charge in [0.2, 0.25) is 0 Å². The fourth-order valence-corrected chi connectivity index (χ4v) is 9.85. The number of nitrogens with zero attached hydrogens (tertiary/aromatic N) is 2. The van der Waals surface area contributed by atoms with Gasteiger partial charge in [0, 0.05) is 15.6 Å². The van der Waals surface area contributed by atoms with Crippen LogP contribution in [0.15, 0.2) is 0 Å². The van der Waals surface area contributed by atoms with Crippen LogP contribution >= 0.6 is 45.3 Å². The molecule has 0 fully saturated rings. The Hall–Kier alpha value is -1.32. The fourth-order valence-electron chi connectivity index (χ4n) is 4.70. The van der Waals surface area contributed by atoms with Crippen molar-refractivity contribution >= 4 is 84.6 Å². The quantitative estimate of drug-likeness (QED) is 0.163. The minimum atomic E-state index is 0.0181. The number of fused-ring (bicyclic) bond motifs is 6. The minimum Gasteiger partial charge on any atom is -0.495 e. The lowest BCUT2D eigenvalue weighted by Gasteiger charge is -2.09. The number of aromatic nitrogens is 2. The lowest BCUT2D eigenvalue weighted by molar-refractivity contribution is 0.285. The van der Waals surface area contributed by atoms with Crippen LogP contribution in [0.2, 0.25) is 0 Å². The third-order valence-corrected chi connectivity index (χ3v) is 11.2. The van der Waals surface area contributed by atoms with Crippen molar-refractivity contribution in [1.82, 2.24) is 9.97 Å². The number of aliphatic hydroxyl groups is 1. The molecule has 0 atom stereocenters. The van der Waals surface area contributed by atoms with E-state index < -0.39 is 0 Å². The number of unbranched alkanes of at least 4 members (excludes halogenated alkanes) is 6. The van der Waals surface area contributed by atoms with Crippen molar-refractivity contribution in [3.8, 4) is 5.75 Å². The Morgan fingerprint density at radius 2 is 1.24 bits per heavy atom. The molecule has 4 aromatic heterocycles. The number of thiophene rings is 2. The van der Waals surface area contributed by atoms with E-state index in [-0.39, 0.29) is 6.61 Å². The van der Waals surface area contributed by atoms with Gasteiger partial charge in [-0.05, 0) is 25.7 Å². The van der Waals surface area contributed by atoms with Crippen molar-refractivity contribution in [1.29, 1.82) is 0 Å². The monoisotopic (exact) mass is 532 g/mol. The van der Waals surface area contributed by atoms with Gasteiger partial charge in [0.1, 0.15) is 15.4 Å². The van der Waals surface area contributed by atoms with Gasteiger partial charge in [-0.3, -0.25) is 0 Å². The molecule has 0 radical (unpaired) electrons. The molecule has 5 aromatic rings. The van der Waals surface area contributed by atoms with Crippen molar-refractivity contribution in [2.24, 2.45) is 0 Å². The first-order valence-corrected chi connectivity index (χ1v) is 15.7. The highest BCUT2D eigenvalue weighted by Crippen LogP contribution is 2.52. The van der Waals surface area contributed by atoms with Crippen LogP contribution in [0.5, 0.6) is 5.75 Å². The fraction of sp³-hybridized carbons (Fsp3) is 0.538. The van der Waals surface area contributed by atoms with Gasteiger partial charge < -0.3 is 9.84 Å². The van der Waals surface area contributed by atoms with Crippen molar-refractivity contribution in [2.75, 3.05) is 7.11 Å². The summed E-state index contributed by atoms with van der Waals surface area (Å²) in [5.41, 5.74) is 1.01. The van der Waals surface area contributed by atoms with Crippen molar-refractivity contribution in [2.45, 2.75) is 84.7 Å². The van der Waals surface area contributed by atoms with E-state index in [2.05, 4.69) is 13.8 Å². The number of aryl methyl sites for hydroxylation is 2. The van der Waals surface area contributed by atoms with Gasteiger partial charge in [-0.1, -0.05) is 52.4 Å². The average Bonchev–Trinajstić information content (AvgIpc) is 3.57. The molecule has 0 aliphatic heterocycles. The lowest BCUT2D eigenvalue weighted by atomic mass is 10.1. The second kappa shape index (κ2) is 10.7. The van der Waals surface area contributed by atoms with Crippen LogP contribution in [-0.2, 0) is 19.4 Å². The molecule has 0 spiro atoms. The van der Waals surface area contributed by atoms with Gasteiger partial charge in [-0.2, -0.15) is 0 Å². The largest absolute Gasteiger partial charge is 0.495 e. The van der Waals surface area contributed by atoms with Crippen molar-refractivity contribution < 1.29 is 9.84 Å². The van der Waals surface area contributed by atoms with Crippen molar-refractivity contribution in [3.63, 3.8) is 0 Å². The number of thiazole rings is 2. The number of aliphatic hydroxyl groups excluding tert-OH is 1. The Morgan fingerprint density at radius 1 is 0.676 bits per heavy atom. The summed E-state index contributed by atoms with van der Waals surface area (Å²) in [6, 6.07) is 0. The summed E-state index contributed by atoms with van der Waals surface area (Å²) in [6.07, 6.45) is 12.1. The highest BCUT2D eigenvalue weighted by molar-refractivity contribution is 7.34. The summed E-state index contributed by atoms with van der Waals surface area (Å²) >= 11 is 7.02. The molecule has 0 bridgehead atoms. The van der Waals surface area contributed by atoms with Crippen LogP contribution in [0.3, 0.4) is 0 Å². The number of hydrogen-bond acceptors (Lipinski definition) is 8. The smallest absolute Gasteiger partial charge is 0.146 e. The van der Waals surface area contributed by atoms with Gasteiger partial charge in [-0.15, -0.1) is 45.3 Å². The zero-order valence-electron chi connectivity index (χ0n) is 20.2. The molecule has 0 saturated heterocycles. The Balaban J connectivity index is 1.60. The molecular weight excluding hydrogens is 501 g/mol. The van der Waals surface area contributed by atoms with Gasteiger partial charge in [-0.25, -0.2) is 9.97 Å². The first-order valence-electron chi connectivity index (χ1n) is 12.4. The standard InChI is InChI=1S/C26H32N2O2S4/c1-4-6-8-10-12-16-27-25-23(31-16)18-15(14-29)21-19(20(30-3)22(18)34-25)24-26(33-21)28-17(32-24)13-11-9-7-5-2/h29H,4-14H2,1-3H3. The van der Waals surface area contributed by atoms with E-state index in [0.717, 1.165) is 54.0 Å². The molecule has 0 aliphatic carbocycles. The minimum absolute atomic E-state index is 0.0181. The molecule has 0 saturated carbocycles. The van der Waals surface area contributed by atoms with Crippen LogP contribution in [0, 0.1) is 0 Å². The van der Waals surface area contributed by atoms with E-state index in [1.54, 1.807) is 52.5 Å². The maximum absolute atomic E-state index is 10.5. The maximum Gasteiger partial charge on any atom is 0.146 e. The maximum atomic E-state index is 10.5. The van der Waals surface area contributed by atoms with Gasteiger partial charge >= 0.3 is 0 Å². The second-order valence-electron chi connectivity index (χ2n) is 8.89. The molecule has 4 nitrogen and oxygen atoms in total. The zero-order valence-corrected chi connectivity index (χ0v) is 23.4. The summed E-state index contributed by atoms with van der Waals surface area (Å²) in [7, 11) is 1.77.